The van der Waals surface area contributed by atoms with Crippen molar-refractivity contribution in [1.29, 1.82) is 0 Å². The SMILES string of the molecule is Cc1cc(=O)c(C(=O)OCC(=O)c2cc(C)n(-c3nccs3)c2C)nn1-c1ccc(Cl)cc1. The Hall–Kier alpha value is -3.56. The number of ketones is 1. The summed E-state index contributed by atoms with van der Waals surface area (Å²) in [6.45, 7) is 4.85. The van der Waals surface area contributed by atoms with Gasteiger partial charge in [-0.05, 0) is 51.1 Å². The lowest BCUT2D eigenvalue weighted by molar-refractivity contribution is 0.0465. The average Bonchev–Trinajstić information content (AvgIpc) is 3.40. The molecule has 0 saturated carbocycles. The van der Waals surface area contributed by atoms with Crippen LogP contribution >= 0.6 is 22.9 Å². The molecule has 4 aromatic rings. The van der Waals surface area contributed by atoms with Gasteiger partial charge in [0.05, 0.1) is 5.69 Å². The number of rotatable bonds is 6. The molecule has 10 heteroatoms. The van der Waals surface area contributed by atoms with Gasteiger partial charge in [0.1, 0.15) is 0 Å². The number of aromatic nitrogens is 4. The van der Waals surface area contributed by atoms with Gasteiger partial charge in [-0.25, -0.2) is 14.5 Å². The summed E-state index contributed by atoms with van der Waals surface area (Å²) in [5.41, 5.74) is 2.12. The van der Waals surface area contributed by atoms with E-state index in [-0.39, 0.29) is 5.78 Å². The van der Waals surface area contributed by atoms with Crippen molar-refractivity contribution in [3.63, 3.8) is 0 Å². The Kier molecular flexibility index (Phi) is 6.26. The summed E-state index contributed by atoms with van der Waals surface area (Å²) in [6, 6.07) is 9.80. The smallest absolute Gasteiger partial charge is 0.363 e. The van der Waals surface area contributed by atoms with Crippen molar-refractivity contribution in [3.8, 4) is 10.8 Å². The van der Waals surface area contributed by atoms with Gasteiger partial charge in [-0.2, -0.15) is 5.10 Å². The van der Waals surface area contributed by atoms with E-state index in [0.717, 1.165) is 10.8 Å². The Bertz CT molecular complexity index is 1410. The normalized spacial score (nSPS) is 10.9. The number of hydrogen-bond acceptors (Lipinski definition) is 7. The first-order chi connectivity index (χ1) is 15.8. The molecule has 0 atom stereocenters. The van der Waals surface area contributed by atoms with Crippen molar-refractivity contribution < 1.29 is 14.3 Å². The van der Waals surface area contributed by atoms with Crippen molar-refractivity contribution in [1.82, 2.24) is 19.3 Å². The van der Waals surface area contributed by atoms with Gasteiger partial charge in [0, 0.05) is 45.3 Å². The van der Waals surface area contributed by atoms with Gasteiger partial charge in [0.2, 0.25) is 16.9 Å². The zero-order chi connectivity index (χ0) is 23.7. The van der Waals surface area contributed by atoms with Crippen molar-refractivity contribution in [2.24, 2.45) is 0 Å². The fourth-order valence-electron chi connectivity index (χ4n) is 3.48. The monoisotopic (exact) mass is 482 g/mol. The van der Waals surface area contributed by atoms with E-state index in [1.54, 1.807) is 50.4 Å². The summed E-state index contributed by atoms with van der Waals surface area (Å²) < 4.78 is 8.47. The first-order valence-corrected chi connectivity index (χ1v) is 11.2. The van der Waals surface area contributed by atoms with Gasteiger partial charge >= 0.3 is 5.97 Å². The molecule has 3 aromatic heterocycles. The van der Waals surface area contributed by atoms with Crippen molar-refractivity contribution >= 4 is 34.7 Å². The van der Waals surface area contributed by atoms with Crippen LogP contribution in [-0.2, 0) is 4.74 Å². The summed E-state index contributed by atoms with van der Waals surface area (Å²) in [4.78, 5) is 42.0. The number of benzene rings is 1. The number of nitrogens with zero attached hydrogens (tertiary/aromatic N) is 4. The molecular formula is C23H19ClN4O4S. The molecule has 0 aliphatic rings. The molecule has 4 rings (SSSR count). The summed E-state index contributed by atoms with van der Waals surface area (Å²) in [6.07, 6.45) is 1.69. The third-order valence-corrected chi connectivity index (χ3v) is 6.06. The fraction of sp³-hybridized carbons (Fsp3) is 0.174. The molecule has 0 unspecified atom stereocenters. The van der Waals surface area contributed by atoms with E-state index < -0.39 is 23.7 Å². The first kappa shape index (κ1) is 22.6. The van der Waals surface area contributed by atoms with E-state index in [1.165, 1.54) is 22.1 Å². The predicted molar refractivity (Wildman–Crippen MR) is 125 cm³/mol. The molecule has 3 heterocycles. The van der Waals surface area contributed by atoms with E-state index >= 15 is 0 Å². The molecular weight excluding hydrogens is 464 g/mol. The third kappa shape index (κ3) is 4.50. The van der Waals surface area contributed by atoms with E-state index in [9.17, 15) is 14.4 Å². The van der Waals surface area contributed by atoms with Crippen LogP contribution in [0.1, 0.15) is 37.9 Å². The molecule has 0 bridgehead atoms. The van der Waals surface area contributed by atoms with Crippen LogP contribution < -0.4 is 5.43 Å². The Morgan fingerprint density at radius 3 is 2.48 bits per heavy atom. The quantitative estimate of drug-likeness (QED) is 0.303. The minimum absolute atomic E-state index is 0.385. The molecule has 0 amide bonds. The Morgan fingerprint density at radius 2 is 1.82 bits per heavy atom. The van der Waals surface area contributed by atoms with E-state index in [0.29, 0.717) is 27.7 Å². The summed E-state index contributed by atoms with van der Waals surface area (Å²) >= 11 is 7.38. The molecule has 168 valence electrons. The summed E-state index contributed by atoms with van der Waals surface area (Å²) in [5, 5.41) is 7.30. The molecule has 0 saturated heterocycles. The van der Waals surface area contributed by atoms with Gasteiger partial charge in [-0.3, -0.25) is 14.2 Å². The van der Waals surface area contributed by atoms with Gasteiger partial charge in [0.25, 0.3) is 0 Å². The highest BCUT2D eigenvalue weighted by atomic mass is 35.5. The molecule has 33 heavy (non-hydrogen) atoms. The predicted octanol–water partition coefficient (Wildman–Crippen LogP) is 4.10. The van der Waals surface area contributed by atoms with Crippen LogP contribution in [-0.4, -0.2) is 37.7 Å². The van der Waals surface area contributed by atoms with Gasteiger partial charge < -0.3 is 4.74 Å². The molecule has 0 N–H and O–H groups in total. The van der Waals surface area contributed by atoms with Crippen LogP contribution in [0.2, 0.25) is 5.02 Å². The number of aryl methyl sites for hydroxylation is 2. The van der Waals surface area contributed by atoms with Crippen LogP contribution in [0.4, 0.5) is 0 Å². The molecule has 0 radical (unpaired) electrons. The highest BCUT2D eigenvalue weighted by Crippen LogP contribution is 2.22. The average molecular weight is 483 g/mol. The number of halogens is 1. The van der Waals surface area contributed by atoms with Crippen LogP contribution in [0.25, 0.3) is 10.8 Å². The number of hydrogen-bond donors (Lipinski definition) is 0. The second kappa shape index (κ2) is 9.13. The summed E-state index contributed by atoms with van der Waals surface area (Å²) in [7, 11) is 0. The van der Waals surface area contributed by atoms with E-state index in [2.05, 4.69) is 10.1 Å². The topological polar surface area (TPSA) is 96.1 Å². The van der Waals surface area contributed by atoms with Crippen LogP contribution in [0.3, 0.4) is 0 Å². The van der Waals surface area contributed by atoms with Crippen LogP contribution in [0.5, 0.6) is 0 Å². The zero-order valence-corrected chi connectivity index (χ0v) is 19.6. The second-order valence-corrected chi connectivity index (χ2v) is 8.63. The van der Waals surface area contributed by atoms with Gasteiger partial charge in [0.15, 0.2) is 11.7 Å². The van der Waals surface area contributed by atoms with Crippen molar-refractivity contribution in [3.05, 3.63) is 91.6 Å². The molecule has 0 aliphatic heterocycles. The molecule has 0 fully saturated rings. The van der Waals surface area contributed by atoms with Crippen molar-refractivity contribution in [2.75, 3.05) is 6.61 Å². The van der Waals surface area contributed by atoms with Crippen LogP contribution in [0.15, 0.2) is 52.8 Å². The lowest BCUT2D eigenvalue weighted by atomic mass is 10.1. The van der Waals surface area contributed by atoms with Gasteiger partial charge in [-0.1, -0.05) is 11.6 Å². The minimum atomic E-state index is -0.968. The lowest BCUT2D eigenvalue weighted by Gasteiger charge is -2.11. The fourth-order valence-corrected chi connectivity index (χ4v) is 4.35. The summed E-state index contributed by atoms with van der Waals surface area (Å²) in [5.74, 6) is -1.35. The molecule has 0 aliphatic carbocycles. The number of carbonyl (C=O) groups excluding carboxylic acids is 2. The maximum Gasteiger partial charge on any atom is 0.363 e. The van der Waals surface area contributed by atoms with Crippen molar-refractivity contribution in [2.45, 2.75) is 20.8 Å². The highest BCUT2D eigenvalue weighted by Gasteiger charge is 2.22. The number of thiazole rings is 1. The molecule has 0 spiro atoms. The third-order valence-electron chi connectivity index (χ3n) is 5.05. The largest absolute Gasteiger partial charge is 0.452 e. The Balaban J connectivity index is 1.54. The second-order valence-electron chi connectivity index (χ2n) is 7.32. The number of Topliss-reactive ketones (excluding diaryl/α,β-unsaturated/α-hetero) is 1. The Morgan fingerprint density at radius 1 is 1.09 bits per heavy atom. The zero-order valence-electron chi connectivity index (χ0n) is 18.0. The number of carbonyl (C=O) groups is 2. The standard InChI is InChI=1S/C23H19ClN4O4S/c1-13-10-18(15(3)27(13)23-25-8-9-33-23)20(30)12-32-22(31)21-19(29)11-14(2)28(26-21)17-6-4-16(24)5-7-17/h4-11H,12H2,1-3H3. The van der Waals surface area contributed by atoms with Crippen LogP contribution in [0, 0.1) is 20.8 Å². The lowest BCUT2D eigenvalue weighted by Crippen LogP contribution is -2.25. The molecule has 8 nitrogen and oxygen atoms in total. The minimum Gasteiger partial charge on any atom is -0.452 e. The van der Waals surface area contributed by atoms with E-state index in [1.807, 2.05) is 16.9 Å². The Labute approximate surface area is 198 Å². The number of ether oxygens (including phenoxy) is 1. The first-order valence-electron chi connectivity index (χ1n) is 9.92. The molecule has 1 aromatic carbocycles. The van der Waals surface area contributed by atoms with Gasteiger partial charge in [-0.15, -0.1) is 11.3 Å². The maximum absolute atomic E-state index is 12.8. The highest BCUT2D eigenvalue weighted by molar-refractivity contribution is 7.12. The van der Waals surface area contributed by atoms with E-state index in [4.69, 9.17) is 16.3 Å². The number of esters is 1. The maximum atomic E-state index is 12.8.